The molecule has 5 heteroatoms. The van der Waals surface area contributed by atoms with E-state index in [0.717, 1.165) is 37.4 Å². The number of hydrogen-bond acceptors (Lipinski definition) is 3. The lowest BCUT2D eigenvalue weighted by molar-refractivity contribution is -0.135. The fourth-order valence-corrected chi connectivity index (χ4v) is 3.68. The molecule has 2 aliphatic heterocycles. The van der Waals surface area contributed by atoms with Gasteiger partial charge in [0.1, 0.15) is 5.82 Å². The Morgan fingerprint density at radius 1 is 1.17 bits per heavy atom. The molecule has 0 spiro atoms. The Balaban J connectivity index is 1.51. The van der Waals surface area contributed by atoms with E-state index in [1.807, 2.05) is 4.90 Å². The lowest BCUT2D eigenvalue weighted by Gasteiger charge is -2.39. The maximum absolute atomic E-state index is 13.1. The second-order valence-corrected chi connectivity index (χ2v) is 7.38. The average Bonchev–Trinajstić information content (AvgIpc) is 2.58. The SMILES string of the molecule is CC1CCN(C(=O)CN2CCC(O)(c3ccc(F)cc3)CC2)CC1. The highest BCUT2D eigenvalue weighted by Gasteiger charge is 2.35. The van der Waals surface area contributed by atoms with Gasteiger partial charge >= 0.3 is 0 Å². The topological polar surface area (TPSA) is 43.8 Å². The molecule has 0 saturated carbocycles. The summed E-state index contributed by atoms with van der Waals surface area (Å²) in [7, 11) is 0. The van der Waals surface area contributed by atoms with Crippen molar-refractivity contribution in [2.45, 2.75) is 38.2 Å². The molecule has 3 rings (SSSR count). The van der Waals surface area contributed by atoms with Crippen molar-refractivity contribution >= 4 is 5.91 Å². The number of likely N-dealkylation sites (tertiary alicyclic amines) is 2. The maximum Gasteiger partial charge on any atom is 0.236 e. The van der Waals surface area contributed by atoms with Crippen LogP contribution in [0.4, 0.5) is 4.39 Å². The molecule has 1 aromatic rings. The quantitative estimate of drug-likeness (QED) is 0.923. The van der Waals surface area contributed by atoms with Crippen molar-refractivity contribution < 1.29 is 14.3 Å². The molecule has 2 saturated heterocycles. The van der Waals surface area contributed by atoms with Crippen molar-refractivity contribution in [2.75, 3.05) is 32.7 Å². The number of carbonyl (C=O) groups excluding carboxylic acids is 1. The number of aliphatic hydroxyl groups is 1. The van der Waals surface area contributed by atoms with Gasteiger partial charge in [-0.05, 0) is 49.3 Å². The number of nitrogens with zero attached hydrogens (tertiary/aromatic N) is 2. The second kappa shape index (κ2) is 7.19. The van der Waals surface area contributed by atoms with Gasteiger partial charge in [-0.15, -0.1) is 0 Å². The van der Waals surface area contributed by atoms with Crippen molar-refractivity contribution in [1.82, 2.24) is 9.80 Å². The van der Waals surface area contributed by atoms with E-state index < -0.39 is 5.60 Å². The minimum absolute atomic E-state index is 0.203. The standard InChI is InChI=1S/C19H27FN2O2/c1-15-6-10-22(11-7-15)18(23)14-21-12-8-19(24,9-13-21)16-2-4-17(20)5-3-16/h2-5,15,24H,6-14H2,1H3. The Bertz CT molecular complexity index is 559. The zero-order chi connectivity index (χ0) is 17.2. The molecule has 1 aromatic carbocycles. The van der Waals surface area contributed by atoms with Crippen LogP contribution in [0.5, 0.6) is 0 Å². The molecule has 24 heavy (non-hydrogen) atoms. The van der Waals surface area contributed by atoms with Crippen molar-refractivity contribution in [3.63, 3.8) is 0 Å². The number of halogens is 1. The summed E-state index contributed by atoms with van der Waals surface area (Å²) in [6.07, 6.45) is 3.33. The number of piperidine rings is 2. The lowest BCUT2D eigenvalue weighted by Crippen LogP contribution is -2.48. The van der Waals surface area contributed by atoms with Crippen molar-refractivity contribution in [3.8, 4) is 0 Å². The highest BCUT2D eigenvalue weighted by atomic mass is 19.1. The summed E-state index contributed by atoms with van der Waals surface area (Å²) in [6.45, 7) is 5.78. The summed E-state index contributed by atoms with van der Waals surface area (Å²) >= 11 is 0. The fourth-order valence-electron chi connectivity index (χ4n) is 3.68. The summed E-state index contributed by atoms with van der Waals surface area (Å²) in [5.41, 5.74) is -0.145. The molecule has 2 aliphatic rings. The Labute approximate surface area is 143 Å². The van der Waals surface area contributed by atoms with Crippen LogP contribution in [0.1, 0.15) is 38.2 Å². The van der Waals surface area contributed by atoms with Crippen LogP contribution >= 0.6 is 0 Å². The van der Waals surface area contributed by atoms with Crippen LogP contribution < -0.4 is 0 Å². The van der Waals surface area contributed by atoms with Crippen LogP contribution in [0, 0.1) is 11.7 Å². The van der Waals surface area contributed by atoms with Crippen LogP contribution in [0.3, 0.4) is 0 Å². The molecule has 4 nitrogen and oxygen atoms in total. The summed E-state index contributed by atoms with van der Waals surface area (Å²) in [4.78, 5) is 16.5. The number of benzene rings is 1. The summed E-state index contributed by atoms with van der Waals surface area (Å²) in [5.74, 6) is 0.630. The van der Waals surface area contributed by atoms with E-state index in [9.17, 15) is 14.3 Å². The van der Waals surface area contributed by atoms with Gasteiger partial charge in [-0.3, -0.25) is 9.69 Å². The Kier molecular flexibility index (Phi) is 5.21. The van der Waals surface area contributed by atoms with E-state index in [-0.39, 0.29) is 11.7 Å². The van der Waals surface area contributed by atoms with Gasteiger partial charge in [0.15, 0.2) is 0 Å². The molecule has 2 fully saturated rings. The van der Waals surface area contributed by atoms with E-state index in [0.29, 0.717) is 32.5 Å². The largest absolute Gasteiger partial charge is 0.385 e. The number of rotatable bonds is 3. The summed E-state index contributed by atoms with van der Waals surface area (Å²) in [6, 6.07) is 6.09. The Hall–Kier alpha value is -1.46. The van der Waals surface area contributed by atoms with E-state index in [4.69, 9.17) is 0 Å². The van der Waals surface area contributed by atoms with Gasteiger partial charge in [-0.2, -0.15) is 0 Å². The molecule has 132 valence electrons. The van der Waals surface area contributed by atoms with E-state index in [1.165, 1.54) is 12.1 Å². The van der Waals surface area contributed by atoms with Gasteiger partial charge < -0.3 is 10.0 Å². The van der Waals surface area contributed by atoms with Gasteiger partial charge in [-0.1, -0.05) is 19.1 Å². The monoisotopic (exact) mass is 334 g/mol. The predicted molar refractivity (Wildman–Crippen MR) is 90.9 cm³/mol. The molecule has 0 aromatic heterocycles. The molecule has 0 aliphatic carbocycles. The van der Waals surface area contributed by atoms with Gasteiger partial charge in [-0.25, -0.2) is 4.39 Å². The minimum atomic E-state index is -0.909. The maximum atomic E-state index is 13.1. The van der Waals surface area contributed by atoms with Crippen molar-refractivity contribution in [3.05, 3.63) is 35.6 Å². The first-order valence-corrected chi connectivity index (χ1v) is 8.95. The van der Waals surface area contributed by atoms with Crippen LogP contribution in [0.25, 0.3) is 0 Å². The third-order valence-corrected chi connectivity index (χ3v) is 5.56. The molecule has 0 unspecified atom stereocenters. The lowest BCUT2D eigenvalue weighted by atomic mass is 9.84. The van der Waals surface area contributed by atoms with Crippen LogP contribution in [0.15, 0.2) is 24.3 Å². The summed E-state index contributed by atoms with van der Waals surface area (Å²) < 4.78 is 13.1. The van der Waals surface area contributed by atoms with Gasteiger partial charge in [0.05, 0.1) is 12.1 Å². The van der Waals surface area contributed by atoms with Crippen LogP contribution in [-0.2, 0) is 10.4 Å². The first kappa shape index (κ1) is 17.4. The molecule has 1 N–H and O–H groups in total. The first-order valence-electron chi connectivity index (χ1n) is 8.95. The minimum Gasteiger partial charge on any atom is -0.385 e. The van der Waals surface area contributed by atoms with Crippen LogP contribution in [0.2, 0.25) is 0 Å². The van der Waals surface area contributed by atoms with Gasteiger partial charge in [0, 0.05) is 26.2 Å². The molecule has 2 heterocycles. The van der Waals surface area contributed by atoms with E-state index in [1.54, 1.807) is 12.1 Å². The molecule has 0 atom stereocenters. The third-order valence-electron chi connectivity index (χ3n) is 5.56. The second-order valence-electron chi connectivity index (χ2n) is 7.38. The van der Waals surface area contributed by atoms with Crippen molar-refractivity contribution in [1.29, 1.82) is 0 Å². The van der Waals surface area contributed by atoms with E-state index >= 15 is 0 Å². The number of hydrogen-bond donors (Lipinski definition) is 1. The van der Waals surface area contributed by atoms with Crippen LogP contribution in [-0.4, -0.2) is 53.5 Å². The van der Waals surface area contributed by atoms with Crippen molar-refractivity contribution in [2.24, 2.45) is 5.92 Å². The smallest absolute Gasteiger partial charge is 0.236 e. The van der Waals surface area contributed by atoms with E-state index in [2.05, 4.69) is 11.8 Å². The highest BCUT2D eigenvalue weighted by molar-refractivity contribution is 5.78. The number of carbonyl (C=O) groups is 1. The molecule has 0 bridgehead atoms. The van der Waals surface area contributed by atoms with Gasteiger partial charge in [0.2, 0.25) is 5.91 Å². The normalized spacial score (nSPS) is 22.5. The summed E-state index contributed by atoms with van der Waals surface area (Å²) in [5, 5.41) is 10.8. The molecular weight excluding hydrogens is 307 g/mol. The molecular formula is C19H27FN2O2. The molecule has 1 amide bonds. The van der Waals surface area contributed by atoms with Gasteiger partial charge in [0.25, 0.3) is 0 Å². The molecule has 0 radical (unpaired) electrons. The predicted octanol–water partition coefficient (Wildman–Crippen LogP) is 2.37. The fraction of sp³-hybridized carbons (Fsp3) is 0.632. The Morgan fingerprint density at radius 3 is 2.33 bits per heavy atom. The third kappa shape index (κ3) is 3.95. The Morgan fingerprint density at radius 2 is 1.75 bits per heavy atom. The number of amides is 1. The highest BCUT2D eigenvalue weighted by Crippen LogP contribution is 2.32. The zero-order valence-corrected chi connectivity index (χ0v) is 14.4. The average molecular weight is 334 g/mol. The zero-order valence-electron chi connectivity index (χ0n) is 14.4. The first-order chi connectivity index (χ1) is 11.5.